The molecular weight excluding hydrogens is 305 g/mol. The highest BCUT2D eigenvalue weighted by atomic mass is 35.5. The maximum absolute atomic E-state index is 12.7. The van der Waals surface area contributed by atoms with E-state index in [1.54, 1.807) is 0 Å². The van der Waals surface area contributed by atoms with Crippen molar-refractivity contribution in [2.24, 2.45) is 0 Å². The number of aromatic nitrogens is 4. The molecule has 1 aromatic carbocycles. The van der Waals surface area contributed by atoms with Crippen LogP contribution in [0.5, 0.6) is 0 Å². The molecule has 0 spiro atoms. The lowest BCUT2D eigenvalue weighted by Crippen LogP contribution is -2.12. The van der Waals surface area contributed by atoms with Crippen LogP contribution in [-0.4, -0.2) is 19.5 Å². The van der Waals surface area contributed by atoms with Crippen molar-refractivity contribution >= 4 is 22.8 Å². The zero-order valence-corrected chi connectivity index (χ0v) is 11.2. The highest BCUT2D eigenvalue weighted by Crippen LogP contribution is 2.29. The molecule has 8 heteroatoms. The van der Waals surface area contributed by atoms with Crippen molar-refractivity contribution in [3.63, 3.8) is 0 Å². The molecule has 0 amide bonds. The van der Waals surface area contributed by atoms with Gasteiger partial charge in [-0.05, 0) is 5.56 Å². The molecule has 3 aromatic rings. The van der Waals surface area contributed by atoms with Gasteiger partial charge in [0.2, 0.25) is 5.82 Å². The molecule has 0 atom stereocenters. The molecule has 108 valence electrons. The minimum atomic E-state index is -4.65. The maximum atomic E-state index is 12.7. The highest BCUT2D eigenvalue weighted by molar-refractivity contribution is 6.33. The normalized spacial score (nSPS) is 12.0. The molecule has 4 nitrogen and oxygen atoms in total. The Labute approximate surface area is 122 Å². The topological polar surface area (TPSA) is 43.6 Å². The van der Waals surface area contributed by atoms with E-state index >= 15 is 0 Å². The molecule has 0 saturated carbocycles. The molecule has 2 heterocycles. The van der Waals surface area contributed by atoms with E-state index < -0.39 is 12.0 Å². The third kappa shape index (κ3) is 2.69. The summed E-state index contributed by atoms with van der Waals surface area (Å²) in [5.41, 5.74) is 1.13. The number of hydrogen-bond acceptors (Lipinski definition) is 3. The Morgan fingerprint density at radius 2 is 1.81 bits per heavy atom. The Morgan fingerprint density at radius 1 is 1.10 bits per heavy atom. The molecule has 0 N–H and O–H groups in total. The summed E-state index contributed by atoms with van der Waals surface area (Å²) >= 11 is 5.76. The van der Waals surface area contributed by atoms with Gasteiger partial charge in [0.1, 0.15) is 5.52 Å². The first-order chi connectivity index (χ1) is 9.95. The van der Waals surface area contributed by atoms with Crippen LogP contribution >= 0.6 is 11.6 Å². The van der Waals surface area contributed by atoms with Gasteiger partial charge in [-0.15, -0.1) is 0 Å². The first-order valence-corrected chi connectivity index (χ1v) is 6.32. The summed E-state index contributed by atoms with van der Waals surface area (Å²) in [7, 11) is 0. The first-order valence-electron chi connectivity index (χ1n) is 5.94. The molecule has 0 aliphatic heterocycles. The van der Waals surface area contributed by atoms with Crippen LogP contribution < -0.4 is 0 Å². The minimum Gasteiger partial charge on any atom is -0.311 e. The van der Waals surface area contributed by atoms with Gasteiger partial charge in [0.25, 0.3) is 0 Å². The number of imidazole rings is 1. The number of hydrogen-bond donors (Lipinski definition) is 0. The van der Waals surface area contributed by atoms with Crippen molar-refractivity contribution in [1.29, 1.82) is 0 Å². The van der Waals surface area contributed by atoms with Gasteiger partial charge in [0.15, 0.2) is 10.8 Å². The predicted octanol–water partition coefficient (Wildman–Crippen LogP) is 3.55. The number of nitrogens with zero attached hydrogens (tertiary/aromatic N) is 4. The third-order valence-electron chi connectivity index (χ3n) is 2.87. The van der Waals surface area contributed by atoms with E-state index in [1.165, 1.54) is 10.9 Å². The molecular formula is C13H8ClF3N4. The van der Waals surface area contributed by atoms with Crippen LogP contribution in [0.15, 0.2) is 36.7 Å². The van der Waals surface area contributed by atoms with Crippen molar-refractivity contribution in [2.45, 2.75) is 12.7 Å². The summed E-state index contributed by atoms with van der Waals surface area (Å²) in [4.78, 5) is 10.8. The zero-order valence-electron chi connectivity index (χ0n) is 10.5. The fourth-order valence-corrected chi connectivity index (χ4v) is 2.15. The molecule has 3 rings (SSSR count). The van der Waals surface area contributed by atoms with Crippen molar-refractivity contribution in [1.82, 2.24) is 19.5 Å². The van der Waals surface area contributed by atoms with E-state index in [4.69, 9.17) is 11.6 Å². The van der Waals surface area contributed by atoms with Gasteiger partial charge in [0, 0.05) is 0 Å². The molecule has 0 unspecified atom stereocenters. The summed E-state index contributed by atoms with van der Waals surface area (Å²) in [5.74, 6) is -1.27. The van der Waals surface area contributed by atoms with Crippen molar-refractivity contribution in [3.05, 3.63) is 53.2 Å². The lowest BCUT2D eigenvalue weighted by Gasteiger charge is -2.07. The Hall–Kier alpha value is -2.15. The molecule has 21 heavy (non-hydrogen) atoms. The Balaban J connectivity index is 2.10. The highest BCUT2D eigenvalue weighted by Gasteiger charge is 2.36. The van der Waals surface area contributed by atoms with Gasteiger partial charge in [-0.2, -0.15) is 13.2 Å². The zero-order chi connectivity index (χ0) is 15.0. The fourth-order valence-electron chi connectivity index (χ4n) is 1.93. The minimum absolute atomic E-state index is 0.0613. The van der Waals surface area contributed by atoms with Crippen LogP contribution in [0.4, 0.5) is 13.2 Å². The quantitative estimate of drug-likeness (QED) is 0.680. The summed E-state index contributed by atoms with van der Waals surface area (Å²) in [6.45, 7) is 0.349. The first kappa shape index (κ1) is 13.8. The predicted molar refractivity (Wildman–Crippen MR) is 70.9 cm³/mol. The van der Waals surface area contributed by atoms with Crippen LogP contribution in [0.25, 0.3) is 11.2 Å². The van der Waals surface area contributed by atoms with E-state index in [0.29, 0.717) is 6.54 Å². The van der Waals surface area contributed by atoms with Gasteiger partial charge in [0.05, 0.1) is 12.9 Å². The van der Waals surface area contributed by atoms with Gasteiger partial charge in [-0.3, -0.25) is 0 Å². The van der Waals surface area contributed by atoms with E-state index in [0.717, 1.165) is 5.56 Å². The molecule has 0 radical (unpaired) electrons. The van der Waals surface area contributed by atoms with Crippen LogP contribution in [0, 0.1) is 0 Å². The monoisotopic (exact) mass is 312 g/mol. The van der Waals surface area contributed by atoms with E-state index in [-0.39, 0.29) is 16.3 Å². The number of benzene rings is 1. The molecule has 0 bridgehead atoms. The van der Waals surface area contributed by atoms with Crippen LogP contribution in [0.2, 0.25) is 5.15 Å². The van der Waals surface area contributed by atoms with E-state index in [9.17, 15) is 13.2 Å². The Bertz CT molecular complexity index is 783. The second kappa shape index (κ2) is 5.00. The lowest BCUT2D eigenvalue weighted by atomic mass is 10.2. The number of fused-ring (bicyclic) bond motifs is 1. The lowest BCUT2D eigenvalue weighted by molar-refractivity contribution is -0.144. The molecule has 0 aliphatic rings. The summed E-state index contributed by atoms with van der Waals surface area (Å²) in [6.07, 6.45) is -3.25. The van der Waals surface area contributed by atoms with E-state index in [2.05, 4.69) is 15.0 Å². The van der Waals surface area contributed by atoms with Crippen LogP contribution in [0.1, 0.15) is 11.4 Å². The van der Waals surface area contributed by atoms with Crippen molar-refractivity contribution in [2.75, 3.05) is 0 Å². The Kier molecular flexibility index (Phi) is 3.29. The smallest absolute Gasteiger partial charge is 0.311 e. The molecule has 0 saturated heterocycles. The third-order valence-corrected chi connectivity index (χ3v) is 3.13. The standard InChI is InChI=1S/C13H8ClF3N4/c14-10-9-11(20-12(19-10)13(15,16)17)21(7-18-9)6-8-4-2-1-3-5-8/h1-5,7H,6H2. The number of halogens is 4. The van der Waals surface area contributed by atoms with Gasteiger partial charge < -0.3 is 4.57 Å². The average molecular weight is 313 g/mol. The summed E-state index contributed by atoms with van der Waals surface area (Å²) in [5, 5.41) is -0.306. The van der Waals surface area contributed by atoms with E-state index in [1.807, 2.05) is 30.3 Å². The fraction of sp³-hybridized carbons (Fsp3) is 0.154. The van der Waals surface area contributed by atoms with Gasteiger partial charge in [-0.25, -0.2) is 15.0 Å². The average Bonchev–Trinajstić information content (AvgIpc) is 2.83. The van der Waals surface area contributed by atoms with Crippen LogP contribution in [0.3, 0.4) is 0 Å². The second-order valence-corrected chi connectivity index (χ2v) is 4.72. The van der Waals surface area contributed by atoms with Gasteiger partial charge in [-0.1, -0.05) is 41.9 Å². The summed E-state index contributed by atoms with van der Waals surface area (Å²) < 4.78 is 39.7. The van der Waals surface area contributed by atoms with Crippen molar-refractivity contribution in [3.8, 4) is 0 Å². The maximum Gasteiger partial charge on any atom is 0.451 e. The Morgan fingerprint density at radius 3 is 2.48 bits per heavy atom. The summed E-state index contributed by atoms with van der Waals surface area (Å²) in [6, 6.07) is 9.27. The SMILES string of the molecule is FC(F)(F)c1nc(Cl)c2ncn(Cc3ccccc3)c2n1. The second-order valence-electron chi connectivity index (χ2n) is 4.37. The number of rotatable bonds is 2. The molecule has 0 aliphatic carbocycles. The van der Waals surface area contributed by atoms with Gasteiger partial charge >= 0.3 is 6.18 Å². The largest absolute Gasteiger partial charge is 0.451 e. The van der Waals surface area contributed by atoms with Crippen molar-refractivity contribution < 1.29 is 13.2 Å². The number of alkyl halides is 3. The molecule has 0 fully saturated rings. The van der Waals surface area contributed by atoms with Crippen LogP contribution in [-0.2, 0) is 12.7 Å². The molecule has 2 aromatic heterocycles.